The van der Waals surface area contributed by atoms with Gasteiger partial charge >= 0.3 is 5.97 Å². The van der Waals surface area contributed by atoms with E-state index < -0.39 is 11.5 Å². The van der Waals surface area contributed by atoms with E-state index >= 15 is 0 Å². The van der Waals surface area contributed by atoms with Gasteiger partial charge < -0.3 is 15.6 Å². The summed E-state index contributed by atoms with van der Waals surface area (Å²) in [6, 6.07) is 0. The van der Waals surface area contributed by atoms with Gasteiger partial charge in [0.25, 0.3) is 0 Å². The third kappa shape index (κ3) is 3.23. The first-order valence-corrected chi connectivity index (χ1v) is 7.17. The van der Waals surface area contributed by atoms with Crippen molar-refractivity contribution in [1.82, 2.24) is 0 Å². The Kier molecular flexibility index (Phi) is 4.28. The summed E-state index contributed by atoms with van der Waals surface area (Å²) in [5, 5.41) is 9.18. The Hall–Kier alpha value is -0.610. The zero-order valence-electron chi connectivity index (χ0n) is 11.2. The van der Waals surface area contributed by atoms with E-state index in [-0.39, 0.29) is 6.10 Å². The van der Waals surface area contributed by atoms with Crippen molar-refractivity contribution in [2.45, 2.75) is 76.0 Å². The normalized spacial score (nSPS) is 41.6. The second-order valence-electron chi connectivity index (χ2n) is 6.21. The molecule has 2 fully saturated rings. The summed E-state index contributed by atoms with van der Waals surface area (Å²) in [7, 11) is 0. The molecule has 4 atom stereocenters. The van der Waals surface area contributed by atoms with Crippen molar-refractivity contribution >= 4 is 5.97 Å². The smallest absolute Gasteiger partial charge is 0.323 e. The second-order valence-corrected chi connectivity index (χ2v) is 6.21. The third-order valence-electron chi connectivity index (χ3n) is 4.44. The SMILES string of the molecule is CC1CCCC(OC2CCCC(N)(C(=O)O)C2)C1. The Morgan fingerprint density at radius 1 is 1.28 bits per heavy atom. The molecule has 4 heteroatoms. The highest BCUT2D eigenvalue weighted by Crippen LogP contribution is 2.33. The first-order valence-electron chi connectivity index (χ1n) is 7.17. The molecule has 2 rings (SSSR count). The van der Waals surface area contributed by atoms with E-state index in [0.29, 0.717) is 18.9 Å². The van der Waals surface area contributed by atoms with E-state index in [0.717, 1.165) is 31.6 Å². The summed E-state index contributed by atoms with van der Waals surface area (Å²) >= 11 is 0. The minimum absolute atomic E-state index is 0.0372. The fourth-order valence-electron chi connectivity index (χ4n) is 3.34. The lowest BCUT2D eigenvalue weighted by Crippen LogP contribution is -2.53. The first kappa shape index (κ1) is 13.8. The minimum Gasteiger partial charge on any atom is -0.480 e. The number of rotatable bonds is 3. The van der Waals surface area contributed by atoms with E-state index in [1.165, 1.54) is 12.8 Å². The van der Waals surface area contributed by atoms with Crippen LogP contribution >= 0.6 is 0 Å². The van der Waals surface area contributed by atoms with Gasteiger partial charge in [-0.3, -0.25) is 4.79 Å². The molecular formula is C14H25NO3. The van der Waals surface area contributed by atoms with Gasteiger partial charge in [0, 0.05) is 6.42 Å². The van der Waals surface area contributed by atoms with Crippen LogP contribution in [0.4, 0.5) is 0 Å². The lowest BCUT2D eigenvalue weighted by atomic mass is 9.80. The van der Waals surface area contributed by atoms with Crippen LogP contribution in [0.1, 0.15) is 58.3 Å². The van der Waals surface area contributed by atoms with Crippen LogP contribution in [-0.2, 0) is 9.53 Å². The Labute approximate surface area is 109 Å². The van der Waals surface area contributed by atoms with Crippen LogP contribution in [0.3, 0.4) is 0 Å². The largest absolute Gasteiger partial charge is 0.480 e. The van der Waals surface area contributed by atoms with Gasteiger partial charge in [0.05, 0.1) is 12.2 Å². The summed E-state index contributed by atoms with van der Waals surface area (Å²) < 4.78 is 6.10. The lowest BCUT2D eigenvalue weighted by molar-refractivity contribution is -0.148. The van der Waals surface area contributed by atoms with Crippen LogP contribution in [0.5, 0.6) is 0 Å². The molecule has 3 N–H and O–H groups in total. The number of carboxylic acid groups (broad SMARTS) is 1. The highest BCUT2D eigenvalue weighted by molar-refractivity contribution is 5.78. The molecule has 0 heterocycles. The number of carbonyl (C=O) groups is 1. The Morgan fingerprint density at radius 2 is 2.00 bits per heavy atom. The molecule has 0 aromatic rings. The molecular weight excluding hydrogens is 230 g/mol. The summed E-state index contributed by atoms with van der Waals surface area (Å²) in [6.07, 6.45) is 7.95. The third-order valence-corrected chi connectivity index (χ3v) is 4.44. The van der Waals surface area contributed by atoms with E-state index in [9.17, 15) is 9.90 Å². The first-order chi connectivity index (χ1) is 8.49. The van der Waals surface area contributed by atoms with Crippen molar-refractivity contribution in [3.05, 3.63) is 0 Å². The lowest BCUT2D eigenvalue weighted by Gasteiger charge is -2.37. The van der Waals surface area contributed by atoms with Crippen LogP contribution in [0.15, 0.2) is 0 Å². The maximum Gasteiger partial charge on any atom is 0.323 e. The summed E-state index contributed by atoms with van der Waals surface area (Å²) in [4.78, 5) is 11.2. The zero-order chi connectivity index (χ0) is 13.2. The van der Waals surface area contributed by atoms with Gasteiger partial charge in [-0.1, -0.05) is 19.8 Å². The molecule has 4 nitrogen and oxygen atoms in total. The number of nitrogens with two attached hydrogens (primary N) is 1. The molecule has 18 heavy (non-hydrogen) atoms. The van der Waals surface area contributed by atoms with Crippen LogP contribution < -0.4 is 5.73 Å². The molecule has 2 saturated carbocycles. The summed E-state index contributed by atoms with van der Waals surface area (Å²) in [5.41, 5.74) is 4.88. The van der Waals surface area contributed by atoms with E-state index in [4.69, 9.17) is 10.5 Å². The molecule has 4 unspecified atom stereocenters. The highest BCUT2D eigenvalue weighted by atomic mass is 16.5. The predicted molar refractivity (Wildman–Crippen MR) is 69.3 cm³/mol. The number of carboxylic acids is 1. The molecule has 2 aliphatic rings. The molecule has 0 aromatic carbocycles. The number of hydrogen-bond acceptors (Lipinski definition) is 3. The van der Waals surface area contributed by atoms with Gasteiger partial charge in [0.2, 0.25) is 0 Å². The molecule has 0 saturated heterocycles. The molecule has 2 aliphatic carbocycles. The second kappa shape index (κ2) is 5.57. The number of ether oxygens (including phenoxy) is 1. The molecule has 0 bridgehead atoms. The fraction of sp³-hybridized carbons (Fsp3) is 0.929. The van der Waals surface area contributed by atoms with Crippen LogP contribution in [0, 0.1) is 5.92 Å². The average molecular weight is 255 g/mol. The molecule has 0 spiro atoms. The van der Waals surface area contributed by atoms with Crippen molar-refractivity contribution < 1.29 is 14.6 Å². The van der Waals surface area contributed by atoms with Crippen molar-refractivity contribution in [2.24, 2.45) is 11.7 Å². The van der Waals surface area contributed by atoms with Gasteiger partial charge in [-0.05, 0) is 38.0 Å². The molecule has 0 amide bonds. The van der Waals surface area contributed by atoms with Crippen LogP contribution in [-0.4, -0.2) is 28.8 Å². The van der Waals surface area contributed by atoms with Crippen molar-refractivity contribution in [1.29, 1.82) is 0 Å². The summed E-state index contributed by atoms with van der Waals surface area (Å²) in [5.74, 6) is -0.151. The fourth-order valence-corrected chi connectivity index (χ4v) is 3.34. The van der Waals surface area contributed by atoms with E-state index in [1.54, 1.807) is 0 Å². The van der Waals surface area contributed by atoms with Crippen molar-refractivity contribution in [3.8, 4) is 0 Å². The van der Waals surface area contributed by atoms with Crippen molar-refractivity contribution in [2.75, 3.05) is 0 Å². The van der Waals surface area contributed by atoms with Gasteiger partial charge in [0.1, 0.15) is 5.54 Å². The topological polar surface area (TPSA) is 72.5 Å². The maximum atomic E-state index is 11.2. The van der Waals surface area contributed by atoms with Crippen LogP contribution in [0.2, 0.25) is 0 Å². The average Bonchev–Trinajstić information content (AvgIpc) is 2.29. The van der Waals surface area contributed by atoms with E-state index in [1.807, 2.05) is 0 Å². The standard InChI is InChI=1S/C14H25NO3/c1-10-4-2-5-11(8-10)18-12-6-3-7-14(15,9-12)13(16)17/h10-12H,2-9,15H2,1H3,(H,16,17). The summed E-state index contributed by atoms with van der Waals surface area (Å²) in [6.45, 7) is 2.26. The minimum atomic E-state index is -1.07. The van der Waals surface area contributed by atoms with Gasteiger partial charge in [-0.2, -0.15) is 0 Å². The molecule has 0 radical (unpaired) electrons. The Morgan fingerprint density at radius 3 is 2.67 bits per heavy atom. The van der Waals surface area contributed by atoms with Gasteiger partial charge in [-0.25, -0.2) is 0 Å². The Bertz CT molecular complexity index is 307. The predicted octanol–water partition coefficient (Wildman–Crippen LogP) is 2.31. The highest BCUT2D eigenvalue weighted by Gasteiger charge is 2.40. The quantitative estimate of drug-likeness (QED) is 0.811. The number of hydrogen-bond donors (Lipinski definition) is 2. The molecule has 0 aliphatic heterocycles. The van der Waals surface area contributed by atoms with Gasteiger partial charge in [0.15, 0.2) is 0 Å². The number of aliphatic carboxylic acids is 1. The molecule has 104 valence electrons. The molecule has 0 aromatic heterocycles. The Balaban J connectivity index is 1.87. The zero-order valence-corrected chi connectivity index (χ0v) is 11.2. The monoisotopic (exact) mass is 255 g/mol. The van der Waals surface area contributed by atoms with Crippen LogP contribution in [0.25, 0.3) is 0 Å². The van der Waals surface area contributed by atoms with Gasteiger partial charge in [-0.15, -0.1) is 0 Å². The maximum absolute atomic E-state index is 11.2. The van der Waals surface area contributed by atoms with Crippen molar-refractivity contribution in [3.63, 3.8) is 0 Å². The van der Waals surface area contributed by atoms with E-state index in [2.05, 4.69) is 6.92 Å².